The van der Waals surface area contributed by atoms with Crippen molar-refractivity contribution >= 4 is 34.4 Å². The highest BCUT2D eigenvalue weighted by molar-refractivity contribution is 7.14. The third-order valence-electron chi connectivity index (χ3n) is 4.38. The van der Waals surface area contributed by atoms with Crippen LogP contribution >= 0.6 is 11.3 Å². The summed E-state index contributed by atoms with van der Waals surface area (Å²) in [5.41, 5.74) is 0.394. The molecule has 9 heteroatoms. The summed E-state index contributed by atoms with van der Waals surface area (Å²) >= 11 is 0.901. The molecule has 3 heterocycles. The molecule has 1 amide bonds. The van der Waals surface area contributed by atoms with Gasteiger partial charge in [0.2, 0.25) is 0 Å². The average molecular weight is 413 g/mol. The van der Waals surface area contributed by atoms with E-state index in [1.54, 1.807) is 30.5 Å². The average Bonchev–Trinajstić information content (AvgIpc) is 3.30. The van der Waals surface area contributed by atoms with Crippen molar-refractivity contribution < 1.29 is 23.5 Å². The minimum absolute atomic E-state index is 0.0131. The minimum Gasteiger partial charge on any atom is -0.478 e. The number of carbonyl (C=O) groups excluding carboxylic acids is 1. The van der Waals surface area contributed by atoms with Crippen molar-refractivity contribution in [2.45, 2.75) is 6.92 Å². The fourth-order valence-corrected chi connectivity index (χ4v) is 3.93. The molecule has 146 valence electrons. The summed E-state index contributed by atoms with van der Waals surface area (Å²) in [4.78, 5) is 24.4. The van der Waals surface area contributed by atoms with Gasteiger partial charge in [-0.2, -0.15) is 5.10 Å². The molecule has 0 spiro atoms. The normalized spacial score (nSPS) is 11.0. The summed E-state index contributed by atoms with van der Waals surface area (Å²) < 4.78 is 29.8. The molecule has 1 aromatic carbocycles. The number of pyridine rings is 1. The van der Waals surface area contributed by atoms with Gasteiger partial charge >= 0.3 is 5.97 Å². The zero-order chi connectivity index (χ0) is 20.7. The zero-order valence-corrected chi connectivity index (χ0v) is 15.8. The van der Waals surface area contributed by atoms with Gasteiger partial charge in [0.25, 0.3) is 5.91 Å². The first-order chi connectivity index (χ1) is 13.9. The maximum atomic E-state index is 14.4. The number of rotatable bonds is 4. The van der Waals surface area contributed by atoms with Gasteiger partial charge in [-0.1, -0.05) is 18.2 Å². The second-order valence-corrected chi connectivity index (χ2v) is 7.15. The van der Waals surface area contributed by atoms with Gasteiger partial charge in [-0.25, -0.2) is 18.1 Å². The number of carbonyl (C=O) groups is 2. The van der Waals surface area contributed by atoms with E-state index in [0.29, 0.717) is 5.52 Å². The lowest BCUT2D eigenvalue weighted by Gasteiger charge is -2.07. The molecule has 0 aliphatic heterocycles. The molecule has 0 fully saturated rings. The maximum Gasteiger partial charge on any atom is 0.339 e. The number of nitrogens with zero attached hydrogens (tertiary/aromatic N) is 2. The van der Waals surface area contributed by atoms with Gasteiger partial charge in [-0.15, -0.1) is 11.3 Å². The van der Waals surface area contributed by atoms with Crippen LogP contribution in [0.2, 0.25) is 0 Å². The molecule has 0 aliphatic carbocycles. The van der Waals surface area contributed by atoms with Crippen LogP contribution < -0.4 is 5.32 Å². The number of benzene rings is 1. The molecule has 0 saturated heterocycles. The smallest absolute Gasteiger partial charge is 0.339 e. The number of hydrogen-bond donors (Lipinski definition) is 2. The van der Waals surface area contributed by atoms with E-state index in [1.807, 2.05) is 0 Å². The SMILES string of the molecule is Cc1ccc(-c2scc(NC(=O)c3cc4ccccn4n3)c2C(=O)O)c(F)c1F. The quantitative estimate of drug-likeness (QED) is 0.512. The second kappa shape index (κ2) is 7.10. The minimum atomic E-state index is -1.37. The lowest BCUT2D eigenvalue weighted by molar-refractivity contribution is 0.0699. The molecular weight excluding hydrogens is 400 g/mol. The van der Waals surface area contributed by atoms with Crippen LogP contribution in [0.3, 0.4) is 0 Å². The Labute approximate surface area is 167 Å². The van der Waals surface area contributed by atoms with Crippen LogP contribution in [0.25, 0.3) is 16.0 Å². The number of halogens is 2. The number of aromatic carboxylic acids is 1. The summed E-state index contributed by atoms with van der Waals surface area (Å²) in [7, 11) is 0. The Hall–Kier alpha value is -3.59. The summed E-state index contributed by atoms with van der Waals surface area (Å²) in [6.45, 7) is 1.41. The Balaban J connectivity index is 1.73. The number of hydrogen-bond acceptors (Lipinski definition) is 4. The number of aromatic nitrogens is 2. The molecule has 0 unspecified atom stereocenters. The van der Waals surface area contributed by atoms with Gasteiger partial charge in [-0.05, 0) is 30.7 Å². The van der Waals surface area contributed by atoms with Crippen molar-refractivity contribution in [2.24, 2.45) is 0 Å². The van der Waals surface area contributed by atoms with Gasteiger partial charge < -0.3 is 10.4 Å². The number of thiophene rings is 1. The molecule has 2 N–H and O–H groups in total. The van der Waals surface area contributed by atoms with E-state index in [4.69, 9.17) is 0 Å². The van der Waals surface area contributed by atoms with E-state index in [-0.39, 0.29) is 32.9 Å². The van der Waals surface area contributed by atoms with Crippen molar-refractivity contribution in [2.75, 3.05) is 5.32 Å². The van der Waals surface area contributed by atoms with Crippen molar-refractivity contribution in [3.8, 4) is 10.4 Å². The molecule has 4 rings (SSSR count). The fraction of sp³-hybridized carbons (Fsp3) is 0.0500. The number of carboxylic acids is 1. The van der Waals surface area contributed by atoms with Crippen molar-refractivity contribution in [3.63, 3.8) is 0 Å². The van der Waals surface area contributed by atoms with Crippen molar-refractivity contribution in [1.82, 2.24) is 9.61 Å². The lowest BCUT2D eigenvalue weighted by atomic mass is 10.1. The van der Waals surface area contributed by atoms with Crippen LogP contribution in [-0.2, 0) is 0 Å². The first kappa shape index (κ1) is 18.8. The van der Waals surface area contributed by atoms with Crippen molar-refractivity contribution in [3.05, 3.63) is 76.4 Å². The number of aryl methyl sites for hydroxylation is 1. The maximum absolute atomic E-state index is 14.4. The predicted molar refractivity (Wildman–Crippen MR) is 105 cm³/mol. The van der Waals surface area contributed by atoms with Crippen molar-refractivity contribution in [1.29, 1.82) is 0 Å². The Bertz CT molecular complexity index is 1250. The van der Waals surface area contributed by atoms with E-state index in [0.717, 1.165) is 11.3 Å². The third-order valence-corrected chi connectivity index (χ3v) is 5.39. The highest BCUT2D eigenvalue weighted by Gasteiger charge is 2.25. The molecule has 0 aliphatic rings. The summed E-state index contributed by atoms with van der Waals surface area (Å²) in [6.07, 6.45) is 1.67. The highest BCUT2D eigenvalue weighted by Crippen LogP contribution is 2.38. The van der Waals surface area contributed by atoms with Crippen LogP contribution in [0, 0.1) is 18.6 Å². The summed E-state index contributed by atoms with van der Waals surface area (Å²) in [6, 6.07) is 9.56. The number of carboxylic acid groups (broad SMARTS) is 1. The van der Waals surface area contributed by atoms with E-state index in [9.17, 15) is 23.5 Å². The van der Waals surface area contributed by atoms with E-state index in [2.05, 4.69) is 10.4 Å². The van der Waals surface area contributed by atoms with Crippen LogP contribution in [0.15, 0.2) is 48.0 Å². The van der Waals surface area contributed by atoms with Gasteiger partial charge in [0.05, 0.1) is 16.1 Å². The fourth-order valence-electron chi connectivity index (χ4n) is 2.92. The van der Waals surface area contributed by atoms with E-state index in [1.165, 1.54) is 29.0 Å². The Morgan fingerprint density at radius 3 is 2.69 bits per heavy atom. The number of anilines is 1. The first-order valence-corrected chi connectivity index (χ1v) is 9.30. The second-order valence-electron chi connectivity index (χ2n) is 6.27. The van der Waals surface area contributed by atoms with Crippen LogP contribution in [-0.4, -0.2) is 26.6 Å². The lowest BCUT2D eigenvalue weighted by Crippen LogP contribution is -2.14. The predicted octanol–water partition coefficient (Wildman–Crippen LogP) is 4.60. The molecule has 3 aromatic heterocycles. The van der Waals surface area contributed by atoms with Gasteiger partial charge in [0, 0.05) is 17.1 Å². The molecule has 0 atom stereocenters. The third kappa shape index (κ3) is 3.25. The monoisotopic (exact) mass is 413 g/mol. The molecular formula is C20H13F2N3O3S. The van der Waals surface area contributed by atoms with Crippen LogP contribution in [0.4, 0.5) is 14.5 Å². The first-order valence-electron chi connectivity index (χ1n) is 8.42. The van der Waals surface area contributed by atoms with Gasteiger partial charge in [0.1, 0.15) is 5.56 Å². The molecule has 29 heavy (non-hydrogen) atoms. The zero-order valence-electron chi connectivity index (χ0n) is 14.9. The number of fused-ring (bicyclic) bond motifs is 1. The molecule has 0 bridgehead atoms. The van der Waals surface area contributed by atoms with Crippen LogP contribution in [0.1, 0.15) is 26.4 Å². The molecule has 0 saturated carbocycles. The Morgan fingerprint density at radius 2 is 1.97 bits per heavy atom. The Kier molecular flexibility index (Phi) is 4.59. The van der Waals surface area contributed by atoms with Crippen LogP contribution in [0.5, 0.6) is 0 Å². The standard InChI is InChI=1S/C20H13F2N3O3S/c1-10-5-6-12(17(22)16(10)21)18-15(20(27)28)14(9-29-18)23-19(26)13-8-11-4-2-3-7-25(11)24-13/h2-9H,1H3,(H,23,26)(H,27,28). The number of nitrogens with one attached hydrogen (secondary N) is 1. The van der Waals surface area contributed by atoms with E-state index >= 15 is 0 Å². The molecule has 6 nitrogen and oxygen atoms in total. The summed E-state index contributed by atoms with van der Waals surface area (Å²) in [5.74, 6) is -4.15. The topological polar surface area (TPSA) is 83.7 Å². The van der Waals surface area contributed by atoms with Gasteiger partial charge in [0.15, 0.2) is 17.3 Å². The van der Waals surface area contributed by atoms with E-state index < -0.39 is 23.5 Å². The summed E-state index contributed by atoms with van der Waals surface area (Å²) in [5, 5.41) is 17.6. The highest BCUT2D eigenvalue weighted by atomic mass is 32.1. The van der Waals surface area contributed by atoms with Gasteiger partial charge in [-0.3, -0.25) is 4.79 Å². The molecule has 4 aromatic rings. The Morgan fingerprint density at radius 1 is 1.17 bits per heavy atom. The largest absolute Gasteiger partial charge is 0.478 e. The number of amides is 1. The molecule has 0 radical (unpaired) electrons.